The van der Waals surface area contributed by atoms with Gasteiger partial charge in [0.25, 0.3) is 0 Å². The minimum atomic E-state index is -0.407. The first-order valence-electron chi connectivity index (χ1n) is 5.62. The molecule has 0 aliphatic rings. The summed E-state index contributed by atoms with van der Waals surface area (Å²) >= 11 is 3.45. The fraction of sp³-hybridized carbons (Fsp3) is 0.462. The van der Waals surface area contributed by atoms with Crippen molar-refractivity contribution in [2.24, 2.45) is 0 Å². The lowest BCUT2D eigenvalue weighted by molar-refractivity contribution is -0.127. The van der Waals surface area contributed by atoms with Gasteiger partial charge in [-0.15, -0.1) is 0 Å². The minimum absolute atomic E-state index is 0.0994. The average Bonchev–Trinajstić information content (AvgIpc) is 2.37. The molecule has 1 amide bonds. The number of ether oxygens (including phenoxy) is 1. The van der Waals surface area contributed by atoms with Gasteiger partial charge in [-0.1, -0.05) is 46.3 Å². The monoisotopic (exact) mass is 299 g/mol. The second-order valence-corrected chi connectivity index (χ2v) is 4.58. The van der Waals surface area contributed by atoms with E-state index in [0.29, 0.717) is 11.9 Å². The van der Waals surface area contributed by atoms with E-state index in [0.717, 1.165) is 5.56 Å². The van der Waals surface area contributed by atoms with E-state index in [4.69, 9.17) is 4.74 Å². The topological polar surface area (TPSA) is 38.3 Å². The number of hydrogen-bond acceptors (Lipinski definition) is 2. The molecule has 0 saturated carbocycles. The highest BCUT2D eigenvalue weighted by Gasteiger charge is 2.26. The molecule has 1 aromatic carbocycles. The molecule has 4 heteroatoms. The third-order valence-corrected chi connectivity index (χ3v) is 3.65. The quantitative estimate of drug-likeness (QED) is 0.820. The Balaban J connectivity index is 2.72. The molecule has 1 rings (SSSR count). The smallest absolute Gasteiger partial charge is 0.246 e. The molecule has 1 atom stereocenters. The number of carbonyl (C=O) groups is 1. The Kier molecular flexibility index (Phi) is 5.65. The second kappa shape index (κ2) is 6.77. The largest absolute Gasteiger partial charge is 0.372 e. The molecule has 0 aromatic heterocycles. The highest BCUT2D eigenvalue weighted by atomic mass is 79.9. The van der Waals surface area contributed by atoms with E-state index in [1.165, 1.54) is 0 Å². The van der Waals surface area contributed by atoms with E-state index in [2.05, 4.69) is 21.2 Å². The first-order valence-corrected chi connectivity index (χ1v) is 6.75. The van der Waals surface area contributed by atoms with Crippen molar-refractivity contribution < 1.29 is 9.53 Å². The van der Waals surface area contributed by atoms with Crippen molar-refractivity contribution in [2.45, 2.75) is 19.4 Å². The molecule has 0 aliphatic carbocycles. The number of amides is 1. The van der Waals surface area contributed by atoms with Crippen molar-refractivity contribution >= 4 is 21.8 Å². The molecular formula is C13H18BrNO2. The van der Waals surface area contributed by atoms with Gasteiger partial charge in [0.15, 0.2) is 0 Å². The Morgan fingerprint density at radius 2 is 2.06 bits per heavy atom. The molecule has 1 N–H and O–H groups in total. The lowest BCUT2D eigenvalue weighted by Crippen LogP contribution is -2.46. The van der Waals surface area contributed by atoms with Crippen LogP contribution < -0.4 is 5.32 Å². The molecule has 0 aliphatic heterocycles. The van der Waals surface area contributed by atoms with Crippen LogP contribution in [0.25, 0.3) is 0 Å². The Labute approximate surface area is 111 Å². The third-order valence-electron chi connectivity index (χ3n) is 2.53. The van der Waals surface area contributed by atoms with Crippen LogP contribution in [-0.2, 0) is 15.1 Å². The predicted octanol–water partition coefficient (Wildman–Crippen LogP) is 2.45. The number of carbonyl (C=O) groups excluding carboxylic acids is 1. The fourth-order valence-electron chi connectivity index (χ4n) is 1.53. The van der Waals surface area contributed by atoms with Gasteiger partial charge in [-0.2, -0.15) is 0 Å². The van der Waals surface area contributed by atoms with Gasteiger partial charge in [-0.25, -0.2) is 0 Å². The number of benzene rings is 1. The normalized spacial score (nSPS) is 14.1. The van der Waals surface area contributed by atoms with Gasteiger partial charge in [0, 0.05) is 11.9 Å². The number of halogens is 1. The van der Waals surface area contributed by atoms with Crippen LogP contribution in [0.3, 0.4) is 0 Å². The maximum atomic E-state index is 11.7. The van der Waals surface area contributed by atoms with Crippen LogP contribution in [0.15, 0.2) is 30.3 Å². The van der Waals surface area contributed by atoms with Crippen LogP contribution in [0.5, 0.6) is 0 Å². The molecule has 0 heterocycles. The van der Waals surface area contributed by atoms with Gasteiger partial charge in [0.1, 0.15) is 6.61 Å². The summed E-state index contributed by atoms with van der Waals surface area (Å²) < 4.78 is 5.09. The van der Waals surface area contributed by atoms with Crippen molar-refractivity contribution in [3.63, 3.8) is 0 Å². The van der Waals surface area contributed by atoms with Gasteiger partial charge in [-0.05, 0) is 19.4 Å². The number of alkyl halides is 1. The molecule has 3 nitrogen and oxygen atoms in total. The average molecular weight is 300 g/mol. The highest BCUT2D eigenvalue weighted by molar-refractivity contribution is 9.09. The standard InChI is InChI=1S/C13H18BrNO2/c1-3-17-9-12(16)15-13(2,10-14)11-7-5-4-6-8-11/h4-8H,3,9-10H2,1-2H3,(H,15,16). The number of rotatable bonds is 6. The summed E-state index contributed by atoms with van der Waals surface area (Å²) in [5, 5.41) is 3.64. The first-order chi connectivity index (χ1) is 8.12. The molecule has 1 aromatic rings. The van der Waals surface area contributed by atoms with E-state index in [1.807, 2.05) is 44.2 Å². The van der Waals surface area contributed by atoms with E-state index in [1.54, 1.807) is 0 Å². The molecule has 94 valence electrons. The van der Waals surface area contributed by atoms with Gasteiger partial charge in [-0.3, -0.25) is 4.79 Å². The summed E-state index contributed by atoms with van der Waals surface area (Å²) in [6, 6.07) is 9.89. The van der Waals surface area contributed by atoms with Crippen molar-refractivity contribution in [1.82, 2.24) is 5.32 Å². The SMILES string of the molecule is CCOCC(=O)NC(C)(CBr)c1ccccc1. The highest BCUT2D eigenvalue weighted by Crippen LogP contribution is 2.22. The summed E-state index contributed by atoms with van der Waals surface area (Å²) in [5.74, 6) is -0.0994. The minimum Gasteiger partial charge on any atom is -0.372 e. The third kappa shape index (κ3) is 4.13. The lowest BCUT2D eigenvalue weighted by atomic mass is 9.94. The van der Waals surface area contributed by atoms with Crippen LogP contribution in [0.4, 0.5) is 0 Å². The zero-order valence-corrected chi connectivity index (χ0v) is 11.8. The first kappa shape index (κ1) is 14.2. The van der Waals surface area contributed by atoms with Gasteiger partial charge in [0.05, 0.1) is 5.54 Å². The van der Waals surface area contributed by atoms with Crippen molar-refractivity contribution in [1.29, 1.82) is 0 Å². The lowest BCUT2D eigenvalue weighted by Gasteiger charge is -2.29. The Morgan fingerprint density at radius 3 is 2.59 bits per heavy atom. The Bertz CT molecular complexity index is 356. The summed E-state index contributed by atoms with van der Waals surface area (Å²) in [5.41, 5.74) is 0.664. The second-order valence-electron chi connectivity index (χ2n) is 4.02. The van der Waals surface area contributed by atoms with Gasteiger partial charge < -0.3 is 10.1 Å². The summed E-state index contributed by atoms with van der Waals surface area (Å²) in [4.78, 5) is 11.7. The zero-order valence-electron chi connectivity index (χ0n) is 10.2. The molecule has 0 bridgehead atoms. The van der Waals surface area contributed by atoms with Crippen molar-refractivity contribution in [3.8, 4) is 0 Å². The predicted molar refractivity (Wildman–Crippen MR) is 72.2 cm³/mol. The molecule has 1 unspecified atom stereocenters. The molecule has 0 saturated heterocycles. The van der Waals surface area contributed by atoms with Crippen LogP contribution in [-0.4, -0.2) is 24.5 Å². The van der Waals surface area contributed by atoms with Gasteiger partial charge >= 0.3 is 0 Å². The molecule has 0 spiro atoms. The maximum absolute atomic E-state index is 11.7. The van der Waals surface area contributed by atoms with E-state index in [9.17, 15) is 4.79 Å². The van der Waals surface area contributed by atoms with Crippen molar-refractivity contribution in [2.75, 3.05) is 18.5 Å². The van der Waals surface area contributed by atoms with Crippen LogP contribution in [0, 0.1) is 0 Å². The molecule has 0 fully saturated rings. The van der Waals surface area contributed by atoms with Crippen molar-refractivity contribution in [3.05, 3.63) is 35.9 Å². The number of nitrogens with one attached hydrogen (secondary N) is 1. The van der Waals surface area contributed by atoms with E-state index < -0.39 is 5.54 Å². The Morgan fingerprint density at radius 1 is 1.41 bits per heavy atom. The Hall–Kier alpha value is -0.870. The summed E-state index contributed by atoms with van der Waals surface area (Å²) in [7, 11) is 0. The summed E-state index contributed by atoms with van der Waals surface area (Å²) in [6.07, 6.45) is 0. The maximum Gasteiger partial charge on any atom is 0.246 e. The van der Waals surface area contributed by atoms with Crippen LogP contribution >= 0.6 is 15.9 Å². The van der Waals surface area contributed by atoms with Gasteiger partial charge in [0.2, 0.25) is 5.91 Å². The fourth-order valence-corrected chi connectivity index (χ4v) is 1.99. The molecule has 0 radical (unpaired) electrons. The van der Waals surface area contributed by atoms with E-state index >= 15 is 0 Å². The van der Waals surface area contributed by atoms with Crippen LogP contribution in [0.2, 0.25) is 0 Å². The molecular weight excluding hydrogens is 282 g/mol. The zero-order chi connectivity index (χ0) is 12.7. The number of hydrogen-bond donors (Lipinski definition) is 1. The van der Waals surface area contributed by atoms with E-state index in [-0.39, 0.29) is 12.5 Å². The van der Waals surface area contributed by atoms with Crippen LogP contribution in [0.1, 0.15) is 19.4 Å². The molecule has 17 heavy (non-hydrogen) atoms. The summed E-state index contributed by atoms with van der Waals surface area (Å²) in [6.45, 7) is 4.50.